The van der Waals surface area contributed by atoms with E-state index in [1.165, 1.54) is 12.8 Å². The van der Waals surface area contributed by atoms with Gasteiger partial charge in [-0.25, -0.2) is 0 Å². The molecule has 0 aromatic heterocycles. The predicted molar refractivity (Wildman–Crippen MR) is 80.2 cm³/mol. The molecule has 1 atom stereocenters. The summed E-state index contributed by atoms with van der Waals surface area (Å²) in [5.41, 5.74) is 0.233. The lowest BCUT2D eigenvalue weighted by Gasteiger charge is -2.33. The summed E-state index contributed by atoms with van der Waals surface area (Å²) >= 11 is 0. The third-order valence-corrected chi connectivity index (χ3v) is 3.24. The quantitative estimate of drug-likeness (QED) is 0.644. The first kappa shape index (κ1) is 17.9. The van der Waals surface area contributed by atoms with Crippen molar-refractivity contribution in [3.63, 3.8) is 0 Å². The molecule has 1 N–H and O–H groups in total. The Morgan fingerprint density at radius 1 is 1.17 bits per heavy atom. The normalized spacial score (nSPS) is 14.5. The lowest BCUT2D eigenvalue weighted by molar-refractivity contribution is 0.0972. The molecule has 0 aromatic rings. The summed E-state index contributed by atoms with van der Waals surface area (Å²) < 4.78 is 5.19. The average molecular weight is 258 g/mol. The highest BCUT2D eigenvalue weighted by atomic mass is 16.5. The predicted octanol–water partition coefficient (Wildman–Crippen LogP) is 2.90. The molecular weight excluding hydrogens is 224 g/mol. The van der Waals surface area contributed by atoms with Gasteiger partial charge in [-0.2, -0.15) is 0 Å². The van der Waals surface area contributed by atoms with Crippen LogP contribution in [0, 0.1) is 0 Å². The van der Waals surface area contributed by atoms with Crippen molar-refractivity contribution in [2.24, 2.45) is 0 Å². The van der Waals surface area contributed by atoms with Gasteiger partial charge in [-0.15, -0.1) is 0 Å². The molecular formula is C15H34N2O. The zero-order valence-electron chi connectivity index (χ0n) is 13.5. The molecule has 0 radical (unpaired) electrons. The van der Waals surface area contributed by atoms with Crippen molar-refractivity contribution in [2.45, 2.75) is 72.0 Å². The van der Waals surface area contributed by atoms with Gasteiger partial charge in [0.2, 0.25) is 0 Å². The van der Waals surface area contributed by atoms with E-state index in [1.807, 2.05) is 0 Å². The number of hydrogen-bond donors (Lipinski definition) is 1. The molecule has 3 heteroatoms. The Kier molecular flexibility index (Phi) is 8.83. The molecule has 0 fully saturated rings. The Bertz CT molecular complexity index is 199. The number of ether oxygens (including phenoxy) is 1. The zero-order valence-corrected chi connectivity index (χ0v) is 13.5. The minimum Gasteiger partial charge on any atom is -0.383 e. The third-order valence-electron chi connectivity index (χ3n) is 3.24. The van der Waals surface area contributed by atoms with Crippen molar-refractivity contribution in [2.75, 3.05) is 26.8 Å². The van der Waals surface area contributed by atoms with Crippen molar-refractivity contribution in [1.29, 1.82) is 0 Å². The minimum absolute atomic E-state index is 0.233. The minimum atomic E-state index is 0.233. The summed E-state index contributed by atoms with van der Waals surface area (Å²) in [5, 5.41) is 3.55. The molecule has 3 nitrogen and oxygen atoms in total. The lowest BCUT2D eigenvalue weighted by atomic mass is 10.1. The Labute approximate surface area is 114 Å². The summed E-state index contributed by atoms with van der Waals surface area (Å²) in [7, 11) is 1.77. The highest BCUT2D eigenvalue weighted by Crippen LogP contribution is 2.10. The largest absolute Gasteiger partial charge is 0.383 e. The van der Waals surface area contributed by atoms with Gasteiger partial charge in [-0.3, -0.25) is 4.90 Å². The smallest absolute Gasteiger partial charge is 0.0589 e. The van der Waals surface area contributed by atoms with Crippen LogP contribution in [0.25, 0.3) is 0 Å². The number of nitrogens with one attached hydrogen (secondary N) is 1. The summed E-state index contributed by atoms with van der Waals surface area (Å²) in [4.78, 5) is 2.53. The lowest BCUT2D eigenvalue weighted by Crippen LogP contribution is -2.42. The molecule has 0 aliphatic rings. The Hall–Kier alpha value is -0.120. The van der Waals surface area contributed by atoms with E-state index in [2.05, 4.69) is 51.8 Å². The van der Waals surface area contributed by atoms with Gasteiger partial charge in [-0.05, 0) is 60.9 Å². The Morgan fingerprint density at radius 2 is 1.78 bits per heavy atom. The van der Waals surface area contributed by atoms with E-state index < -0.39 is 0 Å². The zero-order chi connectivity index (χ0) is 14.2. The summed E-state index contributed by atoms with van der Waals surface area (Å²) in [5.74, 6) is 0. The van der Waals surface area contributed by atoms with E-state index >= 15 is 0 Å². The van der Waals surface area contributed by atoms with E-state index in [1.54, 1.807) is 7.11 Å². The van der Waals surface area contributed by atoms with E-state index in [9.17, 15) is 0 Å². The van der Waals surface area contributed by atoms with E-state index in [4.69, 9.17) is 4.74 Å². The summed E-state index contributed by atoms with van der Waals surface area (Å²) in [6.07, 6.45) is 2.47. The fraction of sp³-hybridized carbons (Fsp3) is 1.00. The molecule has 0 spiro atoms. The van der Waals surface area contributed by atoms with Gasteiger partial charge in [0.15, 0.2) is 0 Å². The molecule has 110 valence electrons. The molecule has 0 aliphatic carbocycles. The van der Waals surface area contributed by atoms with E-state index in [-0.39, 0.29) is 5.54 Å². The van der Waals surface area contributed by atoms with Crippen LogP contribution in [-0.2, 0) is 4.74 Å². The van der Waals surface area contributed by atoms with Crippen LogP contribution >= 0.6 is 0 Å². The van der Waals surface area contributed by atoms with Crippen LogP contribution in [0.1, 0.15) is 54.4 Å². The fourth-order valence-corrected chi connectivity index (χ4v) is 2.21. The standard InChI is InChI=1S/C15H34N2O/c1-13(2)17(11-12-18-7)14(3)9-8-10-16-15(4,5)6/h13-14,16H,8-12H2,1-7H3. The number of methoxy groups -OCH3 is 1. The molecule has 0 rings (SSSR count). The number of hydrogen-bond acceptors (Lipinski definition) is 3. The van der Waals surface area contributed by atoms with Gasteiger partial charge in [0.05, 0.1) is 6.61 Å². The van der Waals surface area contributed by atoms with Crippen molar-refractivity contribution in [3.05, 3.63) is 0 Å². The van der Waals surface area contributed by atoms with Gasteiger partial charge in [0.1, 0.15) is 0 Å². The highest BCUT2D eigenvalue weighted by Gasteiger charge is 2.16. The fourth-order valence-electron chi connectivity index (χ4n) is 2.21. The van der Waals surface area contributed by atoms with Crippen molar-refractivity contribution in [3.8, 4) is 0 Å². The van der Waals surface area contributed by atoms with E-state index in [0.29, 0.717) is 12.1 Å². The van der Waals surface area contributed by atoms with Crippen LogP contribution in [-0.4, -0.2) is 49.3 Å². The van der Waals surface area contributed by atoms with Crippen LogP contribution in [0.5, 0.6) is 0 Å². The SMILES string of the molecule is COCCN(C(C)C)C(C)CCCNC(C)(C)C. The van der Waals surface area contributed by atoms with Crippen molar-refractivity contribution < 1.29 is 4.74 Å². The van der Waals surface area contributed by atoms with Crippen LogP contribution in [0.15, 0.2) is 0 Å². The maximum atomic E-state index is 5.19. The Balaban J connectivity index is 3.91. The molecule has 18 heavy (non-hydrogen) atoms. The van der Waals surface area contributed by atoms with Crippen molar-refractivity contribution in [1.82, 2.24) is 10.2 Å². The molecule has 0 aromatic carbocycles. The molecule has 0 saturated heterocycles. The Morgan fingerprint density at radius 3 is 2.22 bits per heavy atom. The third kappa shape index (κ3) is 8.90. The summed E-state index contributed by atoms with van der Waals surface area (Å²) in [6, 6.07) is 1.22. The second-order valence-corrected chi connectivity index (χ2v) is 6.49. The second kappa shape index (κ2) is 8.89. The maximum absolute atomic E-state index is 5.19. The summed E-state index contributed by atoms with van der Waals surface area (Å²) in [6.45, 7) is 16.5. The van der Waals surface area contributed by atoms with Gasteiger partial charge < -0.3 is 10.1 Å². The number of rotatable bonds is 9. The average Bonchev–Trinajstić information content (AvgIpc) is 2.23. The van der Waals surface area contributed by atoms with E-state index in [0.717, 1.165) is 19.7 Å². The van der Waals surface area contributed by atoms with Crippen LogP contribution in [0.4, 0.5) is 0 Å². The monoisotopic (exact) mass is 258 g/mol. The first-order chi connectivity index (χ1) is 8.28. The molecule has 0 saturated carbocycles. The first-order valence-corrected chi connectivity index (χ1v) is 7.27. The van der Waals surface area contributed by atoms with Crippen LogP contribution in [0.2, 0.25) is 0 Å². The highest BCUT2D eigenvalue weighted by molar-refractivity contribution is 4.73. The van der Waals surface area contributed by atoms with Crippen LogP contribution in [0.3, 0.4) is 0 Å². The maximum Gasteiger partial charge on any atom is 0.0589 e. The molecule has 0 aliphatic heterocycles. The topological polar surface area (TPSA) is 24.5 Å². The van der Waals surface area contributed by atoms with Crippen LogP contribution < -0.4 is 5.32 Å². The second-order valence-electron chi connectivity index (χ2n) is 6.49. The molecule has 0 heterocycles. The molecule has 0 bridgehead atoms. The molecule has 1 unspecified atom stereocenters. The first-order valence-electron chi connectivity index (χ1n) is 7.27. The van der Waals surface area contributed by atoms with Crippen molar-refractivity contribution >= 4 is 0 Å². The van der Waals surface area contributed by atoms with Gasteiger partial charge >= 0.3 is 0 Å². The number of nitrogens with zero attached hydrogens (tertiary/aromatic N) is 1. The molecule has 0 amide bonds. The van der Waals surface area contributed by atoms with Gasteiger partial charge in [-0.1, -0.05) is 0 Å². The van der Waals surface area contributed by atoms with Gasteiger partial charge in [0, 0.05) is 31.3 Å². The van der Waals surface area contributed by atoms with Gasteiger partial charge in [0.25, 0.3) is 0 Å².